The van der Waals surface area contributed by atoms with Gasteiger partial charge in [-0.3, -0.25) is 0 Å². The molecule has 1 N–H and O–H groups in total. The number of benzene rings is 1. The highest BCUT2D eigenvalue weighted by atomic mass is 35.5. The summed E-state index contributed by atoms with van der Waals surface area (Å²) in [4.78, 5) is 13.9. The Morgan fingerprint density at radius 2 is 2.00 bits per heavy atom. The Bertz CT molecular complexity index is 746. The van der Waals surface area contributed by atoms with Gasteiger partial charge in [0, 0.05) is 24.3 Å². The Hall–Kier alpha value is -2.12. The molecule has 0 saturated carbocycles. The highest BCUT2D eigenvalue weighted by Gasteiger charge is 2.10. The van der Waals surface area contributed by atoms with Crippen molar-refractivity contribution >= 4 is 29.3 Å². The van der Waals surface area contributed by atoms with E-state index < -0.39 is 0 Å². The Morgan fingerprint density at radius 3 is 2.71 bits per heavy atom. The van der Waals surface area contributed by atoms with Crippen molar-refractivity contribution in [2.75, 3.05) is 12.4 Å². The first-order valence-electron chi connectivity index (χ1n) is 6.12. The molecule has 0 spiro atoms. The van der Waals surface area contributed by atoms with Gasteiger partial charge in [0.15, 0.2) is 5.16 Å². The number of rotatable bonds is 4. The lowest BCUT2D eigenvalue weighted by Gasteiger charge is -2.07. The van der Waals surface area contributed by atoms with Crippen LogP contribution in [0.2, 0.25) is 5.02 Å². The van der Waals surface area contributed by atoms with E-state index in [2.05, 4.69) is 25.4 Å². The van der Waals surface area contributed by atoms with Crippen molar-refractivity contribution in [3.8, 4) is 5.95 Å². The molecule has 1 aromatic carbocycles. The molecule has 3 rings (SSSR count). The van der Waals surface area contributed by atoms with Crippen LogP contribution < -0.4 is 5.32 Å². The summed E-state index contributed by atoms with van der Waals surface area (Å²) in [5.41, 5.74) is 0. The van der Waals surface area contributed by atoms with Crippen LogP contribution in [-0.2, 0) is 0 Å². The molecule has 106 valence electrons. The molecule has 0 atom stereocenters. The number of nitrogens with zero attached hydrogens (tertiary/aromatic N) is 5. The summed E-state index contributed by atoms with van der Waals surface area (Å²) in [7, 11) is 1.76. The van der Waals surface area contributed by atoms with Crippen molar-refractivity contribution < 1.29 is 0 Å². The average molecular weight is 319 g/mol. The van der Waals surface area contributed by atoms with Gasteiger partial charge in [-0.05, 0) is 30.0 Å². The lowest BCUT2D eigenvalue weighted by molar-refractivity contribution is 0.762. The van der Waals surface area contributed by atoms with E-state index >= 15 is 0 Å². The van der Waals surface area contributed by atoms with Gasteiger partial charge in [-0.2, -0.15) is 20.1 Å². The quantitative estimate of drug-likeness (QED) is 0.797. The summed E-state index contributed by atoms with van der Waals surface area (Å²) in [6.45, 7) is 0. The number of hydrogen-bond donors (Lipinski definition) is 1. The van der Waals surface area contributed by atoms with Crippen LogP contribution in [0.3, 0.4) is 0 Å². The van der Waals surface area contributed by atoms with Crippen LogP contribution in [0.5, 0.6) is 0 Å². The van der Waals surface area contributed by atoms with Crippen LogP contribution in [0.25, 0.3) is 5.95 Å². The fraction of sp³-hybridized carbons (Fsp3) is 0.0769. The SMILES string of the molecule is CNc1nc(Sc2ccccc2Cl)nc(-n2cccn2)n1. The molecule has 0 bridgehead atoms. The Kier molecular flexibility index (Phi) is 4.03. The third-order valence-electron chi connectivity index (χ3n) is 2.57. The normalized spacial score (nSPS) is 10.6. The fourth-order valence-electron chi connectivity index (χ4n) is 1.62. The van der Waals surface area contributed by atoms with Gasteiger partial charge in [-0.15, -0.1) is 0 Å². The molecule has 6 nitrogen and oxygen atoms in total. The fourth-order valence-corrected chi connectivity index (χ4v) is 2.64. The van der Waals surface area contributed by atoms with Crippen molar-refractivity contribution in [3.63, 3.8) is 0 Å². The molecule has 2 aromatic heterocycles. The number of halogens is 1. The Morgan fingerprint density at radius 1 is 1.14 bits per heavy atom. The van der Waals surface area contributed by atoms with E-state index in [0.29, 0.717) is 22.1 Å². The molecular weight excluding hydrogens is 308 g/mol. The first kappa shape index (κ1) is 13.8. The molecular formula is C13H11ClN6S. The van der Waals surface area contributed by atoms with Gasteiger partial charge in [0.1, 0.15) is 0 Å². The zero-order valence-electron chi connectivity index (χ0n) is 11.1. The second-order valence-corrected chi connectivity index (χ2v) is 5.39. The third-order valence-corrected chi connectivity index (χ3v) is 3.96. The Balaban J connectivity index is 1.99. The molecule has 0 aliphatic rings. The zero-order chi connectivity index (χ0) is 14.7. The predicted molar refractivity (Wildman–Crippen MR) is 82.1 cm³/mol. The highest BCUT2D eigenvalue weighted by molar-refractivity contribution is 7.99. The van der Waals surface area contributed by atoms with E-state index in [1.165, 1.54) is 11.8 Å². The van der Waals surface area contributed by atoms with Gasteiger partial charge in [0.2, 0.25) is 5.95 Å². The number of nitrogens with one attached hydrogen (secondary N) is 1. The molecule has 8 heteroatoms. The average Bonchev–Trinajstić information content (AvgIpc) is 3.04. The van der Waals surface area contributed by atoms with Crippen LogP contribution in [0.4, 0.5) is 5.95 Å². The molecule has 0 radical (unpaired) electrons. The summed E-state index contributed by atoms with van der Waals surface area (Å²) < 4.78 is 1.58. The van der Waals surface area contributed by atoms with Gasteiger partial charge < -0.3 is 5.32 Å². The first-order chi connectivity index (χ1) is 10.3. The van der Waals surface area contributed by atoms with Gasteiger partial charge >= 0.3 is 0 Å². The largest absolute Gasteiger partial charge is 0.357 e. The molecule has 3 aromatic rings. The smallest absolute Gasteiger partial charge is 0.256 e. The monoisotopic (exact) mass is 318 g/mol. The van der Waals surface area contributed by atoms with Crippen molar-refractivity contribution in [2.45, 2.75) is 10.1 Å². The van der Waals surface area contributed by atoms with Gasteiger partial charge in [0.05, 0.1) is 5.02 Å². The van der Waals surface area contributed by atoms with Gasteiger partial charge in [0.25, 0.3) is 5.95 Å². The topological polar surface area (TPSA) is 68.5 Å². The van der Waals surface area contributed by atoms with Crippen LogP contribution in [0, 0.1) is 0 Å². The van der Waals surface area contributed by atoms with Crippen LogP contribution in [0.1, 0.15) is 0 Å². The van der Waals surface area contributed by atoms with Crippen molar-refractivity contribution in [3.05, 3.63) is 47.7 Å². The molecule has 0 aliphatic heterocycles. The Labute approximate surface area is 130 Å². The second-order valence-electron chi connectivity index (χ2n) is 3.97. The van der Waals surface area contributed by atoms with E-state index in [0.717, 1.165) is 4.90 Å². The summed E-state index contributed by atoms with van der Waals surface area (Å²) in [5.74, 6) is 0.930. The van der Waals surface area contributed by atoms with E-state index in [-0.39, 0.29) is 0 Å². The molecule has 0 fully saturated rings. The summed E-state index contributed by atoms with van der Waals surface area (Å²) in [6.07, 6.45) is 3.45. The molecule has 21 heavy (non-hydrogen) atoms. The minimum atomic E-state index is 0.453. The molecule has 0 amide bonds. The molecule has 2 heterocycles. The van der Waals surface area contributed by atoms with Crippen molar-refractivity contribution in [1.82, 2.24) is 24.7 Å². The highest BCUT2D eigenvalue weighted by Crippen LogP contribution is 2.31. The van der Waals surface area contributed by atoms with Crippen LogP contribution in [0.15, 0.2) is 52.8 Å². The second kappa shape index (κ2) is 6.11. The number of aromatic nitrogens is 5. The molecule has 0 aliphatic carbocycles. The van der Waals surface area contributed by atoms with Crippen molar-refractivity contribution in [1.29, 1.82) is 0 Å². The predicted octanol–water partition coefficient (Wildman–Crippen LogP) is 2.90. The maximum atomic E-state index is 6.16. The first-order valence-corrected chi connectivity index (χ1v) is 7.32. The lowest BCUT2D eigenvalue weighted by atomic mass is 10.4. The molecule has 0 saturated heterocycles. The van der Waals surface area contributed by atoms with E-state index in [1.54, 1.807) is 24.1 Å². The van der Waals surface area contributed by atoms with Crippen LogP contribution >= 0.6 is 23.4 Å². The third kappa shape index (κ3) is 3.14. The molecule has 0 unspecified atom stereocenters. The summed E-state index contributed by atoms with van der Waals surface area (Å²) in [6, 6.07) is 9.36. The minimum Gasteiger partial charge on any atom is -0.357 e. The van der Waals surface area contributed by atoms with E-state index in [4.69, 9.17) is 11.6 Å². The maximum absolute atomic E-state index is 6.16. The lowest BCUT2D eigenvalue weighted by Crippen LogP contribution is -2.07. The maximum Gasteiger partial charge on any atom is 0.256 e. The van der Waals surface area contributed by atoms with Crippen LogP contribution in [-0.4, -0.2) is 31.8 Å². The van der Waals surface area contributed by atoms with E-state index in [9.17, 15) is 0 Å². The van der Waals surface area contributed by atoms with E-state index in [1.807, 2.05) is 30.3 Å². The standard InChI is InChI=1S/C13H11ClN6S/c1-15-11-17-12(20-8-4-7-16-20)19-13(18-11)21-10-6-3-2-5-9(10)14/h2-8H,1H3,(H,15,17,18,19). The van der Waals surface area contributed by atoms with Crippen molar-refractivity contribution in [2.24, 2.45) is 0 Å². The summed E-state index contributed by atoms with van der Waals surface area (Å²) >= 11 is 7.54. The van der Waals surface area contributed by atoms with Gasteiger partial charge in [-0.1, -0.05) is 23.7 Å². The zero-order valence-corrected chi connectivity index (χ0v) is 12.6. The number of anilines is 1. The van der Waals surface area contributed by atoms with Gasteiger partial charge in [-0.25, -0.2) is 4.68 Å². The number of hydrogen-bond acceptors (Lipinski definition) is 6. The minimum absolute atomic E-state index is 0.453. The summed E-state index contributed by atoms with van der Waals surface area (Å²) in [5, 5.41) is 8.26.